The van der Waals surface area contributed by atoms with E-state index in [0.717, 1.165) is 23.5 Å². The molecule has 4 aliphatic carbocycles. The molecule has 0 heterocycles. The van der Waals surface area contributed by atoms with Crippen LogP contribution >= 0.6 is 0 Å². The van der Waals surface area contributed by atoms with Crippen molar-refractivity contribution in [3.63, 3.8) is 0 Å². The van der Waals surface area contributed by atoms with Gasteiger partial charge >= 0.3 is 7.12 Å². The molecule has 0 spiro atoms. The smallest absolute Gasteiger partial charge is 0.496 e. The van der Waals surface area contributed by atoms with Crippen molar-refractivity contribution >= 4 is 12.6 Å². The monoisotopic (exact) mass is 346 g/mol. The number of benzene rings is 1. The zero-order valence-electron chi connectivity index (χ0n) is 14.8. The fourth-order valence-corrected chi connectivity index (χ4v) is 5.94. The molecule has 5 nitrogen and oxygen atoms in total. The summed E-state index contributed by atoms with van der Waals surface area (Å²) in [5.74, 6) is 3.44. The van der Waals surface area contributed by atoms with Crippen molar-refractivity contribution in [2.75, 3.05) is 20.3 Å². The molecule has 0 amide bonds. The van der Waals surface area contributed by atoms with Crippen LogP contribution in [0.4, 0.5) is 0 Å². The summed E-state index contributed by atoms with van der Waals surface area (Å²) in [5.41, 5.74) is 2.07. The Morgan fingerprint density at radius 2 is 1.76 bits per heavy atom. The van der Waals surface area contributed by atoms with Gasteiger partial charge in [-0.2, -0.15) is 0 Å². The highest BCUT2D eigenvalue weighted by molar-refractivity contribution is 6.59. The van der Waals surface area contributed by atoms with E-state index in [1.165, 1.54) is 44.1 Å². The van der Waals surface area contributed by atoms with Gasteiger partial charge in [0.15, 0.2) is 0 Å². The van der Waals surface area contributed by atoms with Crippen LogP contribution in [0.2, 0.25) is 0 Å². The third kappa shape index (κ3) is 3.21. The first-order valence-corrected chi connectivity index (χ1v) is 9.39. The van der Waals surface area contributed by atoms with E-state index in [0.29, 0.717) is 5.46 Å². The van der Waals surface area contributed by atoms with Crippen LogP contribution in [-0.2, 0) is 15.1 Å². The topological polar surface area (TPSA) is 68.2 Å². The van der Waals surface area contributed by atoms with Crippen molar-refractivity contribution in [3.8, 4) is 5.75 Å². The Morgan fingerprint density at radius 3 is 2.32 bits per heavy atom. The summed E-state index contributed by atoms with van der Waals surface area (Å²) in [6.45, 7) is -0.108. The Morgan fingerprint density at radius 1 is 1.12 bits per heavy atom. The predicted molar refractivity (Wildman–Crippen MR) is 94.6 cm³/mol. The van der Waals surface area contributed by atoms with E-state index in [2.05, 4.69) is 0 Å². The lowest BCUT2D eigenvalue weighted by molar-refractivity contribution is -0.225. The van der Waals surface area contributed by atoms with Crippen LogP contribution in [0.5, 0.6) is 5.75 Å². The lowest BCUT2D eigenvalue weighted by atomic mass is 9.47. The van der Waals surface area contributed by atoms with E-state index >= 15 is 0 Å². The highest BCUT2D eigenvalue weighted by atomic mass is 17.2. The quantitative estimate of drug-likeness (QED) is 0.341. The maximum Gasteiger partial charge on any atom is 0.523 e. The van der Waals surface area contributed by atoms with E-state index in [1.54, 1.807) is 7.11 Å². The molecule has 5 rings (SSSR count). The minimum Gasteiger partial charge on any atom is -0.496 e. The van der Waals surface area contributed by atoms with E-state index in [4.69, 9.17) is 19.5 Å². The van der Waals surface area contributed by atoms with Gasteiger partial charge in [0.25, 0.3) is 0 Å². The summed E-state index contributed by atoms with van der Waals surface area (Å²) in [4.78, 5) is 9.78. The summed E-state index contributed by atoms with van der Waals surface area (Å²) in [7, 11) is 0.557. The lowest BCUT2D eigenvalue weighted by Crippen LogP contribution is -2.49. The largest absolute Gasteiger partial charge is 0.523 e. The number of hydrogen-bond donors (Lipinski definition) is 2. The summed E-state index contributed by atoms with van der Waals surface area (Å²) in [6.07, 6.45) is 7.87. The number of hydrogen-bond acceptors (Lipinski definition) is 5. The Labute approximate surface area is 149 Å². The van der Waals surface area contributed by atoms with Gasteiger partial charge in [-0.15, -0.1) is 0 Å². The maximum atomic E-state index is 10.2. The van der Waals surface area contributed by atoms with Crippen molar-refractivity contribution in [2.45, 2.75) is 43.9 Å². The normalized spacial score (nSPS) is 32.8. The summed E-state index contributed by atoms with van der Waals surface area (Å²) < 4.78 is 5.68. The molecule has 4 saturated carbocycles. The third-order valence-corrected chi connectivity index (χ3v) is 6.45. The molecule has 0 atom stereocenters. The molecule has 0 saturated heterocycles. The summed E-state index contributed by atoms with van der Waals surface area (Å²) >= 11 is 0. The zero-order chi connectivity index (χ0) is 17.4. The SMILES string of the molecule is COc1ccc(B(O)OOCCO)cc1C12CC3CC(CC(C3)C1)C2. The second-order valence-electron chi connectivity index (χ2n) is 8.15. The average Bonchev–Trinajstić information content (AvgIpc) is 2.60. The maximum absolute atomic E-state index is 10.2. The first-order valence-electron chi connectivity index (χ1n) is 9.39. The Bertz CT molecular complexity index is 585. The molecule has 4 aliphatic rings. The first kappa shape index (κ1) is 17.3. The van der Waals surface area contributed by atoms with Crippen LogP contribution < -0.4 is 10.2 Å². The summed E-state index contributed by atoms with van der Waals surface area (Å²) in [6, 6.07) is 5.79. The molecular formula is C19H27BO5. The lowest BCUT2D eigenvalue weighted by Gasteiger charge is -2.57. The number of aliphatic hydroxyl groups is 1. The Hall–Kier alpha value is -1.08. The van der Waals surface area contributed by atoms with Crippen LogP contribution in [0.15, 0.2) is 18.2 Å². The van der Waals surface area contributed by atoms with Crippen LogP contribution in [-0.4, -0.2) is 37.6 Å². The summed E-state index contributed by atoms with van der Waals surface area (Å²) in [5, 5.41) is 19.0. The molecule has 0 radical (unpaired) electrons. The molecular weight excluding hydrogens is 319 g/mol. The van der Waals surface area contributed by atoms with E-state index in [-0.39, 0.29) is 18.6 Å². The minimum absolute atomic E-state index is 0.0368. The first-order chi connectivity index (χ1) is 12.1. The van der Waals surface area contributed by atoms with Gasteiger partial charge in [-0.1, -0.05) is 12.1 Å². The number of rotatable bonds is 7. The van der Waals surface area contributed by atoms with E-state index in [9.17, 15) is 5.02 Å². The molecule has 0 aromatic heterocycles. The Balaban J connectivity index is 1.63. The molecule has 0 unspecified atom stereocenters. The second-order valence-corrected chi connectivity index (χ2v) is 8.15. The molecule has 6 heteroatoms. The number of methoxy groups -OCH3 is 1. The molecule has 4 fully saturated rings. The predicted octanol–water partition coefficient (Wildman–Crippen LogP) is 1.79. The molecule has 1 aromatic rings. The van der Waals surface area contributed by atoms with Crippen molar-refractivity contribution in [1.29, 1.82) is 0 Å². The van der Waals surface area contributed by atoms with Gasteiger partial charge in [-0.05, 0) is 78.8 Å². The second kappa shape index (κ2) is 6.91. The Kier molecular flexibility index (Phi) is 4.80. The van der Waals surface area contributed by atoms with Crippen molar-refractivity contribution in [3.05, 3.63) is 23.8 Å². The highest BCUT2D eigenvalue weighted by Gasteiger charge is 2.52. The zero-order valence-corrected chi connectivity index (χ0v) is 14.8. The van der Waals surface area contributed by atoms with Crippen molar-refractivity contribution in [2.24, 2.45) is 17.8 Å². The van der Waals surface area contributed by atoms with Crippen LogP contribution in [0.3, 0.4) is 0 Å². The van der Waals surface area contributed by atoms with Gasteiger partial charge in [0.05, 0.1) is 13.7 Å². The van der Waals surface area contributed by atoms with Crippen LogP contribution in [0, 0.1) is 17.8 Å². The van der Waals surface area contributed by atoms with Crippen molar-refractivity contribution in [1.82, 2.24) is 0 Å². The minimum atomic E-state index is -1.16. The average molecular weight is 346 g/mol. The standard InChI is InChI=1S/C19H27BO5/c1-23-18-3-2-16(20(22)25-24-5-4-21)9-17(18)19-10-13-6-14(11-19)8-15(7-13)12-19/h2-3,9,13-15,21-22H,4-8,10-12H2,1H3. The van der Waals surface area contributed by atoms with Crippen molar-refractivity contribution < 1.29 is 24.6 Å². The molecule has 4 bridgehead atoms. The van der Waals surface area contributed by atoms with Crippen LogP contribution in [0.1, 0.15) is 44.1 Å². The number of aliphatic hydroxyl groups excluding tert-OH is 1. The molecule has 0 aliphatic heterocycles. The van der Waals surface area contributed by atoms with E-state index < -0.39 is 7.12 Å². The van der Waals surface area contributed by atoms with Gasteiger partial charge in [-0.25, -0.2) is 4.89 Å². The fourth-order valence-electron chi connectivity index (χ4n) is 5.94. The van der Waals surface area contributed by atoms with Gasteiger partial charge in [0.1, 0.15) is 12.4 Å². The number of ether oxygens (including phenoxy) is 1. The molecule has 25 heavy (non-hydrogen) atoms. The molecule has 1 aromatic carbocycles. The molecule has 2 N–H and O–H groups in total. The highest BCUT2D eigenvalue weighted by Crippen LogP contribution is 2.61. The van der Waals surface area contributed by atoms with Crippen LogP contribution in [0.25, 0.3) is 0 Å². The van der Waals surface area contributed by atoms with E-state index in [1.807, 2.05) is 18.2 Å². The third-order valence-electron chi connectivity index (χ3n) is 6.45. The fraction of sp³-hybridized carbons (Fsp3) is 0.684. The van der Waals surface area contributed by atoms with Gasteiger partial charge in [0.2, 0.25) is 0 Å². The van der Waals surface area contributed by atoms with Gasteiger partial charge in [-0.3, -0.25) is 4.81 Å². The molecule has 136 valence electrons. The van der Waals surface area contributed by atoms with Gasteiger partial charge < -0.3 is 14.9 Å². The van der Waals surface area contributed by atoms with Gasteiger partial charge in [0, 0.05) is 0 Å².